The van der Waals surface area contributed by atoms with Gasteiger partial charge in [-0.15, -0.1) is 0 Å². The Hall–Kier alpha value is -3.38. The van der Waals surface area contributed by atoms with E-state index in [1.807, 2.05) is 61.5 Å². The number of ketones is 1. The van der Waals surface area contributed by atoms with Crippen LogP contribution in [0.3, 0.4) is 0 Å². The van der Waals surface area contributed by atoms with Gasteiger partial charge >= 0.3 is 0 Å². The molecule has 1 amide bonds. The van der Waals surface area contributed by atoms with E-state index in [0.29, 0.717) is 30.9 Å². The first-order valence-electron chi connectivity index (χ1n) is 10.8. The molecule has 6 heteroatoms. The number of amides is 1. The highest BCUT2D eigenvalue weighted by atomic mass is 79.9. The van der Waals surface area contributed by atoms with Crippen molar-refractivity contribution in [2.45, 2.75) is 19.4 Å². The van der Waals surface area contributed by atoms with Crippen LogP contribution in [0.15, 0.2) is 88.9 Å². The topological polar surface area (TPSA) is 66.8 Å². The quantitative estimate of drug-likeness (QED) is 0.261. The Kier molecular flexibility index (Phi) is 6.94. The second-order valence-corrected chi connectivity index (χ2v) is 8.65. The summed E-state index contributed by atoms with van der Waals surface area (Å²) in [5, 5.41) is 11.1. The van der Waals surface area contributed by atoms with Crippen LogP contribution in [-0.4, -0.2) is 34.8 Å². The molecule has 1 N–H and O–H groups in total. The highest BCUT2D eigenvalue weighted by molar-refractivity contribution is 9.10. The predicted molar refractivity (Wildman–Crippen MR) is 131 cm³/mol. The molecular formula is C27H24BrNO4. The number of ether oxygens (including phenoxy) is 1. The first-order valence-corrected chi connectivity index (χ1v) is 11.6. The number of hydrogen-bond donors (Lipinski definition) is 1. The molecule has 0 radical (unpaired) electrons. The summed E-state index contributed by atoms with van der Waals surface area (Å²) in [6, 6.07) is 23.4. The molecule has 0 aromatic heterocycles. The number of aliphatic hydroxyl groups excluding tert-OH is 1. The summed E-state index contributed by atoms with van der Waals surface area (Å²) < 4.78 is 6.35. The van der Waals surface area contributed by atoms with Crippen molar-refractivity contribution in [2.75, 3.05) is 13.2 Å². The Morgan fingerprint density at radius 3 is 2.27 bits per heavy atom. The molecule has 1 heterocycles. The fourth-order valence-corrected chi connectivity index (χ4v) is 4.29. The van der Waals surface area contributed by atoms with E-state index in [1.165, 1.54) is 0 Å². The zero-order chi connectivity index (χ0) is 23.4. The zero-order valence-electron chi connectivity index (χ0n) is 18.2. The number of hydrogen-bond acceptors (Lipinski definition) is 4. The lowest BCUT2D eigenvalue weighted by atomic mass is 9.95. The molecule has 1 atom stereocenters. The number of carbonyl (C=O) groups is 2. The van der Waals surface area contributed by atoms with Gasteiger partial charge in [-0.25, -0.2) is 0 Å². The van der Waals surface area contributed by atoms with E-state index < -0.39 is 17.7 Å². The number of nitrogens with zero attached hydrogens (tertiary/aromatic N) is 1. The van der Waals surface area contributed by atoms with Crippen molar-refractivity contribution in [2.24, 2.45) is 0 Å². The number of halogens is 1. The molecule has 0 bridgehead atoms. The maximum Gasteiger partial charge on any atom is 0.295 e. The van der Waals surface area contributed by atoms with Crippen molar-refractivity contribution in [1.82, 2.24) is 4.90 Å². The Labute approximate surface area is 201 Å². The van der Waals surface area contributed by atoms with E-state index >= 15 is 0 Å². The summed E-state index contributed by atoms with van der Waals surface area (Å²) in [4.78, 5) is 27.7. The minimum atomic E-state index is -0.678. The van der Waals surface area contributed by atoms with Gasteiger partial charge in [0, 0.05) is 16.6 Å². The van der Waals surface area contributed by atoms with Crippen LogP contribution in [-0.2, 0) is 16.0 Å². The van der Waals surface area contributed by atoms with Crippen molar-refractivity contribution >= 4 is 33.4 Å². The molecule has 3 aromatic carbocycles. The Morgan fingerprint density at radius 2 is 1.64 bits per heavy atom. The second kappa shape index (κ2) is 10.0. The smallest absolute Gasteiger partial charge is 0.295 e. The highest BCUT2D eigenvalue weighted by Crippen LogP contribution is 2.40. The molecule has 4 rings (SSSR count). The van der Waals surface area contributed by atoms with Gasteiger partial charge in [0.2, 0.25) is 0 Å². The van der Waals surface area contributed by atoms with Crippen molar-refractivity contribution < 1.29 is 19.4 Å². The fraction of sp³-hybridized carbons (Fsp3) is 0.185. The minimum absolute atomic E-state index is 0.0968. The molecule has 5 nitrogen and oxygen atoms in total. The van der Waals surface area contributed by atoms with Gasteiger partial charge in [0.15, 0.2) is 0 Å². The maximum absolute atomic E-state index is 13.1. The molecule has 0 saturated carbocycles. The summed E-state index contributed by atoms with van der Waals surface area (Å²) in [6.45, 7) is 2.78. The third kappa shape index (κ3) is 4.86. The van der Waals surface area contributed by atoms with Crippen molar-refractivity contribution in [3.05, 3.63) is 106 Å². The molecule has 0 aliphatic carbocycles. The van der Waals surface area contributed by atoms with Gasteiger partial charge in [-0.05, 0) is 60.9 Å². The third-order valence-corrected chi connectivity index (χ3v) is 6.18. The Morgan fingerprint density at radius 1 is 0.970 bits per heavy atom. The standard InChI is InChI=1S/C27H24BrNO4/c1-2-33-22-14-10-20(11-15-22)25(30)23-24(19-8-12-21(28)13-9-19)29(27(32)26(23)31)17-16-18-6-4-3-5-7-18/h3-15,24,30H,2,16-17H2,1H3/b25-23+. The van der Waals surface area contributed by atoms with Crippen molar-refractivity contribution in [3.63, 3.8) is 0 Å². The Bertz CT molecular complexity index is 1170. The molecule has 1 fully saturated rings. The van der Waals surface area contributed by atoms with Gasteiger partial charge in [0.1, 0.15) is 11.5 Å². The first kappa shape index (κ1) is 22.8. The van der Waals surface area contributed by atoms with Gasteiger partial charge in [-0.2, -0.15) is 0 Å². The van der Waals surface area contributed by atoms with Crippen LogP contribution in [0.5, 0.6) is 5.75 Å². The lowest BCUT2D eigenvalue weighted by molar-refractivity contribution is -0.139. The van der Waals surface area contributed by atoms with Gasteiger partial charge in [-0.1, -0.05) is 58.4 Å². The molecule has 3 aromatic rings. The van der Waals surface area contributed by atoms with Gasteiger partial charge in [-0.3, -0.25) is 9.59 Å². The van der Waals surface area contributed by atoms with Gasteiger partial charge in [0.05, 0.1) is 18.2 Å². The molecule has 1 aliphatic rings. The van der Waals surface area contributed by atoms with E-state index in [-0.39, 0.29) is 11.3 Å². The van der Waals surface area contributed by atoms with E-state index in [4.69, 9.17) is 4.74 Å². The largest absolute Gasteiger partial charge is 0.507 e. The predicted octanol–water partition coefficient (Wildman–Crippen LogP) is 5.51. The van der Waals surface area contributed by atoms with Crippen LogP contribution in [0, 0.1) is 0 Å². The molecule has 1 unspecified atom stereocenters. The summed E-state index contributed by atoms with van der Waals surface area (Å²) in [5.74, 6) is -0.804. The van der Waals surface area contributed by atoms with Gasteiger partial charge in [0.25, 0.3) is 11.7 Å². The number of aliphatic hydroxyl groups is 1. The SMILES string of the molecule is CCOc1ccc(/C(O)=C2\C(=O)C(=O)N(CCc3ccccc3)C2c2ccc(Br)cc2)cc1. The summed E-state index contributed by atoms with van der Waals surface area (Å²) in [7, 11) is 0. The Balaban J connectivity index is 1.75. The summed E-state index contributed by atoms with van der Waals surface area (Å²) >= 11 is 3.43. The van der Waals surface area contributed by atoms with E-state index in [1.54, 1.807) is 29.2 Å². The average molecular weight is 506 g/mol. The lowest BCUT2D eigenvalue weighted by Gasteiger charge is -2.25. The van der Waals surface area contributed by atoms with Crippen LogP contribution in [0.25, 0.3) is 5.76 Å². The molecule has 168 valence electrons. The lowest BCUT2D eigenvalue weighted by Crippen LogP contribution is -2.31. The monoisotopic (exact) mass is 505 g/mol. The van der Waals surface area contributed by atoms with Crippen LogP contribution < -0.4 is 4.74 Å². The second-order valence-electron chi connectivity index (χ2n) is 7.74. The molecule has 1 aliphatic heterocycles. The van der Waals surface area contributed by atoms with Crippen LogP contribution in [0.4, 0.5) is 0 Å². The summed E-state index contributed by atoms with van der Waals surface area (Å²) in [6.07, 6.45) is 0.601. The minimum Gasteiger partial charge on any atom is -0.507 e. The average Bonchev–Trinajstić information content (AvgIpc) is 3.09. The number of Topliss-reactive ketones (excluding diaryl/α,β-unsaturated/α-hetero) is 1. The normalized spacial score (nSPS) is 17.4. The number of carbonyl (C=O) groups excluding carboxylic acids is 2. The molecular weight excluding hydrogens is 482 g/mol. The third-order valence-electron chi connectivity index (χ3n) is 5.65. The fourth-order valence-electron chi connectivity index (χ4n) is 4.03. The number of rotatable bonds is 7. The van der Waals surface area contributed by atoms with Gasteiger partial charge < -0.3 is 14.7 Å². The van der Waals surface area contributed by atoms with Crippen molar-refractivity contribution in [1.29, 1.82) is 0 Å². The van der Waals surface area contributed by atoms with Crippen molar-refractivity contribution in [3.8, 4) is 5.75 Å². The van der Waals surface area contributed by atoms with E-state index in [0.717, 1.165) is 15.6 Å². The molecule has 0 spiro atoms. The van der Waals surface area contributed by atoms with Crippen LogP contribution >= 0.6 is 15.9 Å². The van der Waals surface area contributed by atoms with Crippen LogP contribution in [0.1, 0.15) is 29.7 Å². The van der Waals surface area contributed by atoms with E-state index in [9.17, 15) is 14.7 Å². The molecule has 33 heavy (non-hydrogen) atoms. The highest BCUT2D eigenvalue weighted by Gasteiger charge is 2.45. The first-order chi connectivity index (χ1) is 16.0. The van der Waals surface area contributed by atoms with Crippen LogP contribution in [0.2, 0.25) is 0 Å². The number of likely N-dealkylation sites (tertiary alicyclic amines) is 1. The van der Waals surface area contributed by atoms with E-state index in [2.05, 4.69) is 15.9 Å². The molecule has 1 saturated heterocycles. The maximum atomic E-state index is 13.1. The zero-order valence-corrected chi connectivity index (χ0v) is 19.8. The number of benzene rings is 3. The summed E-state index contributed by atoms with van der Waals surface area (Å²) in [5.41, 5.74) is 2.39.